The monoisotopic (exact) mass is 493 g/mol. The number of piperazine rings is 1. The van der Waals surface area contributed by atoms with Gasteiger partial charge in [-0.2, -0.15) is 0 Å². The molecule has 0 radical (unpaired) electrons. The number of amides is 1. The molecule has 5 aliphatic rings. The smallest absolute Gasteiger partial charge is 0.450 e. The zero-order valence-electron chi connectivity index (χ0n) is 19.7. The first-order valence-electron chi connectivity index (χ1n) is 12.2. The fourth-order valence-electron chi connectivity index (χ4n) is 7.21. The Hall–Kier alpha value is -2.06. The second-order valence-corrected chi connectivity index (χ2v) is 11.6. The van der Waals surface area contributed by atoms with E-state index in [4.69, 9.17) is 16.3 Å². The molecule has 2 atom stereocenters. The zero-order chi connectivity index (χ0) is 24.3. The lowest BCUT2D eigenvalue weighted by Crippen LogP contribution is -2.66. The molecule has 186 valence electrons. The third kappa shape index (κ3) is 4.24. The van der Waals surface area contributed by atoms with Crippen LogP contribution in [0.25, 0.3) is 0 Å². The van der Waals surface area contributed by atoms with E-state index < -0.39 is 17.3 Å². The average molecular weight is 494 g/mol. The van der Waals surface area contributed by atoms with Gasteiger partial charge in [0.1, 0.15) is 11.4 Å². The number of carboxylic acid groups (broad SMARTS) is 1. The van der Waals surface area contributed by atoms with Crippen LogP contribution in [0.4, 0.5) is 14.9 Å². The third-order valence-electron chi connectivity index (χ3n) is 8.69. The minimum absolute atomic E-state index is 0.0199. The van der Waals surface area contributed by atoms with E-state index in [1.54, 1.807) is 6.07 Å². The number of benzene rings is 1. The number of halogens is 2. The number of carbonyl (C=O) groups is 2. The molecule has 0 spiro atoms. The topological polar surface area (TPSA) is 82.1 Å². The van der Waals surface area contributed by atoms with Crippen LogP contribution in [0.2, 0.25) is 5.02 Å². The number of hydrogen-bond acceptors (Lipinski definition) is 5. The van der Waals surface area contributed by atoms with Gasteiger partial charge in [0.05, 0.1) is 16.2 Å². The fourth-order valence-corrected chi connectivity index (χ4v) is 7.50. The van der Waals surface area contributed by atoms with Crippen molar-refractivity contribution in [1.29, 1.82) is 0 Å². The van der Waals surface area contributed by atoms with Gasteiger partial charge < -0.3 is 20.1 Å². The summed E-state index contributed by atoms with van der Waals surface area (Å²) in [5.74, 6) is 0.692. The molecule has 6 rings (SSSR count). The SMILES string of the molecule is CC(C)(C(=O)NC1C2CC3CC1CC(OC(=O)O)(C3)C2)N1CCN(c2ccc(F)cc2Cl)CC1. The van der Waals surface area contributed by atoms with E-state index in [0.717, 1.165) is 24.9 Å². The quantitative estimate of drug-likeness (QED) is 0.600. The normalized spacial score (nSPS) is 33.1. The Balaban J connectivity index is 1.21. The van der Waals surface area contributed by atoms with Crippen LogP contribution in [0, 0.1) is 23.6 Å². The van der Waals surface area contributed by atoms with Crippen molar-refractivity contribution >= 4 is 29.4 Å². The Morgan fingerprint density at radius 1 is 1.15 bits per heavy atom. The maximum absolute atomic E-state index is 13.5. The van der Waals surface area contributed by atoms with Crippen molar-refractivity contribution in [3.05, 3.63) is 29.0 Å². The van der Waals surface area contributed by atoms with Gasteiger partial charge in [0.15, 0.2) is 0 Å². The highest BCUT2D eigenvalue weighted by Gasteiger charge is 2.58. The van der Waals surface area contributed by atoms with Crippen molar-refractivity contribution < 1.29 is 23.8 Å². The summed E-state index contributed by atoms with van der Waals surface area (Å²) in [7, 11) is 0. The number of hydrogen-bond donors (Lipinski definition) is 2. The Labute approximate surface area is 204 Å². The first kappa shape index (κ1) is 23.7. The summed E-state index contributed by atoms with van der Waals surface area (Å²) < 4.78 is 18.8. The lowest BCUT2D eigenvalue weighted by molar-refractivity contribution is -0.157. The summed E-state index contributed by atoms with van der Waals surface area (Å²) in [6.45, 7) is 6.73. The van der Waals surface area contributed by atoms with Crippen molar-refractivity contribution in [3.8, 4) is 0 Å². The molecule has 0 aromatic heterocycles. The number of nitrogens with one attached hydrogen (secondary N) is 1. The fraction of sp³-hybridized carbons (Fsp3) is 0.680. The van der Waals surface area contributed by atoms with Gasteiger partial charge in [-0.05, 0) is 81.9 Å². The molecule has 4 aliphatic carbocycles. The Morgan fingerprint density at radius 2 is 1.79 bits per heavy atom. The summed E-state index contributed by atoms with van der Waals surface area (Å²) in [5, 5.41) is 13.0. The molecule has 2 unspecified atom stereocenters. The molecule has 1 aliphatic heterocycles. The largest absolute Gasteiger partial charge is 0.506 e. The highest BCUT2D eigenvalue weighted by Crippen LogP contribution is 2.57. The van der Waals surface area contributed by atoms with Crippen molar-refractivity contribution in [3.63, 3.8) is 0 Å². The first-order chi connectivity index (χ1) is 16.1. The van der Waals surface area contributed by atoms with E-state index in [-0.39, 0.29) is 29.6 Å². The van der Waals surface area contributed by atoms with Gasteiger partial charge in [-0.25, -0.2) is 9.18 Å². The van der Waals surface area contributed by atoms with Crippen molar-refractivity contribution in [2.45, 2.75) is 63.1 Å². The van der Waals surface area contributed by atoms with E-state index in [1.807, 2.05) is 13.8 Å². The minimum Gasteiger partial charge on any atom is -0.450 e. The summed E-state index contributed by atoms with van der Waals surface area (Å²) in [6.07, 6.45) is 3.10. The second-order valence-electron chi connectivity index (χ2n) is 11.1. The maximum Gasteiger partial charge on any atom is 0.506 e. The van der Waals surface area contributed by atoms with E-state index in [9.17, 15) is 19.1 Å². The molecule has 1 saturated heterocycles. The van der Waals surface area contributed by atoms with Crippen LogP contribution in [0.3, 0.4) is 0 Å². The van der Waals surface area contributed by atoms with Gasteiger partial charge in [-0.3, -0.25) is 9.69 Å². The molecule has 7 nitrogen and oxygen atoms in total. The van der Waals surface area contributed by atoms with E-state index in [1.165, 1.54) is 12.1 Å². The second kappa shape index (κ2) is 8.55. The van der Waals surface area contributed by atoms with Crippen molar-refractivity contribution in [2.24, 2.45) is 17.8 Å². The molecule has 1 heterocycles. The molecule has 34 heavy (non-hydrogen) atoms. The van der Waals surface area contributed by atoms with Gasteiger partial charge in [0, 0.05) is 32.2 Å². The number of anilines is 1. The summed E-state index contributed by atoms with van der Waals surface area (Å²) >= 11 is 6.24. The molecule has 9 heteroatoms. The lowest BCUT2D eigenvalue weighted by Gasteiger charge is -2.59. The van der Waals surface area contributed by atoms with E-state index in [2.05, 4.69) is 15.1 Å². The standard InChI is InChI=1S/C25H33ClFN3O4/c1-24(2,30-7-5-29(6-8-30)20-4-3-18(27)11-19(20)26)22(31)28-21-16-9-15-10-17(21)14-25(12-15,13-16)34-23(32)33/h3-4,11,15-17,21H,5-10,12-14H2,1-2H3,(H,28,31)(H,32,33). The molecular weight excluding hydrogens is 461 g/mol. The average Bonchev–Trinajstić information content (AvgIpc) is 2.75. The third-order valence-corrected chi connectivity index (χ3v) is 9.00. The summed E-state index contributed by atoms with van der Waals surface area (Å²) in [4.78, 5) is 29.1. The van der Waals surface area contributed by atoms with E-state index in [0.29, 0.717) is 50.0 Å². The van der Waals surface area contributed by atoms with Crippen LogP contribution in [-0.4, -0.2) is 65.4 Å². The maximum atomic E-state index is 13.5. The number of nitrogens with zero attached hydrogens (tertiary/aromatic N) is 2. The molecule has 4 saturated carbocycles. The summed E-state index contributed by atoms with van der Waals surface area (Å²) in [5.41, 5.74) is -0.421. The minimum atomic E-state index is -1.19. The molecular formula is C25H33ClFN3O4. The molecule has 5 fully saturated rings. The van der Waals surface area contributed by atoms with Gasteiger partial charge in [-0.15, -0.1) is 0 Å². The van der Waals surface area contributed by atoms with E-state index >= 15 is 0 Å². The van der Waals surface area contributed by atoms with Gasteiger partial charge in [0.2, 0.25) is 5.91 Å². The highest BCUT2D eigenvalue weighted by atomic mass is 35.5. The first-order valence-corrected chi connectivity index (χ1v) is 12.6. The van der Waals surface area contributed by atoms with Crippen LogP contribution in [0.15, 0.2) is 18.2 Å². The van der Waals surface area contributed by atoms with Crippen LogP contribution >= 0.6 is 11.6 Å². The predicted molar refractivity (Wildman–Crippen MR) is 127 cm³/mol. The predicted octanol–water partition coefficient (Wildman–Crippen LogP) is 4.14. The van der Waals surface area contributed by atoms with Crippen LogP contribution < -0.4 is 10.2 Å². The Bertz CT molecular complexity index is 965. The number of rotatable bonds is 5. The highest BCUT2D eigenvalue weighted by molar-refractivity contribution is 6.33. The zero-order valence-corrected chi connectivity index (χ0v) is 20.5. The van der Waals surface area contributed by atoms with Gasteiger partial charge >= 0.3 is 6.16 Å². The lowest BCUT2D eigenvalue weighted by atomic mass is 9.52. The molecule has 2 N–H and O–H groups in total. The Morgan fingerprint density at radius 3 is 2.38 bits per heavy atom. The van der Waals surface area contributed by atoms with Crippen molar-refractivity contribution in [2.75, 3.05) is 31.1 Å². The number of ether oxygens (including phenoxy) is 1. The van der Waals surface area contributed by atoms with Crippen molar-refractivity contribution in [1.82, 2.24) is 10.2 Å². The molecule has 1 aromatic carbocycles. The van der Waals surface area contributed by atoms with Gasteiger partial charge in [-0.1, -0.05) is 11.6 Å². The molecule has 4 bridgehead atoms. The molecule has 1 amide bonds. The van der Waals surface area contributed by atoms with Crippen LogP contribution in [0.5, 0.6) is 0 Å². The van der Waals surface area contributed by atoms with Gasteiger partial charge in [0.25, 0.3) is 0 Å². The number of carbonyl (C=O) groups excluding carboxylic acids is 1. The van der Waals surface area contributed by atoms with Crippen LogP contribution in [0.1, 0.15) is 46.0 Å². The molecule has 1 aromatic rings. The Kier molecular flexibility index (Phi) is 5.96. The summed E-state index contributed by atoms with van der Waals surface area (Å²) in [6, 6.07) is 4.53. The van der Waals surface area contributed by atoms with Crippen LogP contribution in [-0.2, 0) is 9.53 Å².